The third kappa shape index (κ3) is 3.03. The van der Waals surface area contributed by atoms with Crippen molar-refractivity contribution in [2.45, 2.75) is 37.5 Å². The standard InChI is InChI=1S/C14H17F3O2/c1-19-12-6-4-10(5-7-12)13(18)8-2-3-11(9-13)14(15,16)17/h4-7,11,18H,2-3,8-9H2,1H3. The normalized spacial score (nSPS) is 28.2. The van der Waals surface area contributed by atoms with Crippen LogP contribution in [0, 0.1) is 5.92 Å². The van der Waals surface area contributed by atoms with Gasteiger partial charge in [0.05, 0.1) is 18.6 Å². The molecule has 1 aromatic carbocycles. The fourth-order valence-electron chi connectivity index (χ4n) is 2.70. The van der Waals surface area contributed by atoms with Crippen molar-refractivity contribution in [2.24, 2.45) is 5.92 Å². The summed E-state index contributed by atoms with van der Waals surface area (Å²) in [6, 6.07) is 6.59. The Bertz CT molecular complexity index is 427. The Labute approximate surface area is 110 Å². The molecule has 0 amide bonds. The summed E-state index contributed by atoms with van der Waals surface area (Å²) < 4.78 is 43.4. The second-order valence-corrected chi connectivity index (χ2v) is 5.09. The van der Waals surface area contributed by atoms with E-state index in [0.29, 0.717) is 24.2 Å². The Morgan fingerprint density at radius 1 is 1.26 bits per heavy atom. The molecule has 106 valence electrons. The van der Waals surface area contributed by atoms with E-state index < -0.39 is 17.7 Å². The molecule has 0 aliphatic heterocycles. The monoisotopic (exact) mass is 274 g/mol. The van der Waals surface area contributed by atoms with Crippen LogP contribution in [0.1, 0.15) is 31.2 Å². The first kappa shape index (κ1) is 14.2. The SMILES string of the molecule is COc1ccc(C2(O)CCCC(C(F)(F)F)C2)cc1. The van der Waals surface area contributed by atoms with E-state index in [1.54, 1.807) is 24.3 Å². The maximum absolute atomic E-state index is 12.8. The molecular formula is C14H17F3O2. The number of rotatable bonds is 2. The van der Waals surface area contributed by atoms with Gasteiger partial charge in [0.15, 0.2) is 0 Å². The van der Waals surface area contributed by atoms with E-state index >= 15 is 0 Å². The van der Waals surface area contributed by atoms with Crippen molar-refractivity contribution in [2.75, 3.05) is 7.11 Å². The van der Waals surface area contributed by atoms with E-state index in [-0.39, 0.29) is 12.8 Å². The Balaban J connectivity index is 2.21. The largest absolute Gasteiger partial charge is 0.497 e. The second kappa shape index (κ2) is 5.04. The average Bonchev–Trinajstić information content (AvgIpc) is 2.38. The van der Waals surface area contributed by atoms with Gasteiger partial charge in [0, 0.05) is 0 Å². The van der Waals surface area contributed by atoms with E-state index in [1.165, 1.54) is 7.11 Å². The second-order valence-electron chi connectivity index (χ2n) is 5.09. The molecule has 2 atom stereocenters. The zero-order valence-corrected chi connectivity index (χ0v) is 10.7. The summed E-state index contributed by atoms with van der Waals surface area (Å²) in [5.74, 6) is -0.802. The van der Waals surface area contributed by atoms with Gasteiger partial charge in [-0.25, -0.2) is 0 Å². The van der Waals surface area contributed by atoms with Gasteiger partial charge in [-0.3, -0.25) is 0 Å². The van der Waals surface area contributed by atoms with Gasteiger partial charge in [0.1, 0.15) is 5.75 Å². The lowest BCUT2D eigenvalue weighted by Crippen LogP contribution is -2.38. The van der Waals surface area contributed by atoms with Gasteiger partial charge >= 0.3 is 6.18 Å². The number of aliphatic hydroxyl groups is 1. The predicted molar refractivity (Wildman–Crippen MR) is 64.9 cm³/mol. The van der Waals surface area contributed by atoms with Crippen molar-refractivity contribution in [3.05, 3.63) is 29.8 Å². The summed E-state index contributed by atoms with van der Waals surface area (Å²) in [6.07, 6.45) is -3.65. The molecule has 2 unspecified atom stereocenters. The van der Waals surface area contributed by atoms with Crippen LogP contribution in [0.5, 0.6) is 5.75 Å². The molecule has 0 spiro atoms. The van der Waals surface area contributed by atoms with Crippen LogP contribution in [0.25, 0.3) is 0 Å². The van der Waals surface area contributed by atoms with E-state index in [1.807, 2.05) is 0 Å². The average molecular weight is 274 g/mol. The zero-order chi connectivity index (χ0) is 14.1. The number of alkyl halides is 3. The van der Waals surface area contributed by atoms with Crippen LogP contribution in [-0.4, -0.2) is 18.4 Å². The van der Waals surface area contributed by atoms with Crippen molar-refractivity contribution in [1.82, 2.24) is 0 Å². The minimum Gasteiger partial charge on any atom is -0.497 e. The molecule has 2 nitrogen and oxygen atoms in total. The number of methoxy groups -OCH3 is 1. The summed E-state index contributed by atoms with van der Waals surface area (Å²) in [5, 5.41) is 10.5. The fourth-order valence-corrected chi connectivity index (χ4v) is 2.70. The molecule has 0 radical (unpaired) electrons. The number of ether oxygens (including phenoxy) is 1. The van der Waals surface area contributed by atoms with Crippen molar-refractivity contribution in [1.29, 1.82) is 0 Å². The van der Waals surface area contributed by atoms with Crippen LogP contribution in [0.2, 0.25) is 0 Å². The van der Waals surface area contributed by atoms with Crippen LogP contribution in [-0.2, 0) is 5.60 Å². The first-order chi connectivity index (χ1) is 8.85. The molecule has 1 aliphatic carbocycles. The first-order valence-electron chi connectivity index (χ1n) is 6.29. The number of halogens is 3. The molecule has 1 aliphatic rings. The van der Waals surface area contributed by atoms with E-state index in [4.69, 9.17) is 4.74 Å². The lowest BCUT2D eigenvalue weighted by molar-refractivity contribution is -0.201. The molecule has 5 heteroatoms. The lowest BCUT2D eigenvalue weighted by Gasteiger charge is -2.38. The van der Waals surface area contributed by atoms with Crippen molar-refractivity contribution < 1.29 is 23.0 Å². The molecule has 0 aromatic heterocycles. The topological polar surface area (TPSA) is 29.5 Å². The summed E-state index contributed by atoms with van der Waals surface area (Å²) in [4.78, 5) is 0. The van der Waals surface area contributed by atoms with Gasteiger partial charge in [-0.1, -0.05) is 12.1 Å². The van der Waals surface area contributed by atoms with Gasteiger partial charge in [-0.2, -0.15) is 13.2 Å². The van der Waals surface area contributed by atoms with Crippen LogP contribution in [0.15, 0.2) is 24.3 Å². The highest BCUT2D eigenvalue weighted by atomic mass is 19.4. The van der Waals surface area contributed by atoms with Crippen LogP contribution in [0.3, 0.4) is 0 Å². The highest BCUT2D eigenvalue weighted by Crippen LogP contribution is 2.46. The van der Waals surface area contributed by atoms with E-state index in [2.05, 4.69) is 0 Å². The smallest absolute Gasteiger partial charge is 0.391 e. The molecular weight excluding hydrogens is 257 g/mol. The van der Waals surface area contributed by atoms with Crippen LogP contribution >= 0.6 is 0 Å². The van der Waals surface area contributed by atoms with Gasteiger partial charge in [0.25, 0.3) is 0 Å². The van der Waals surface area contributed by atoms with Gasteiger partial charge < -0.3 is 9.84 Å². The summed E-state index contributed by atoms with van der Waals surface area (Å²) in [5.41, 5.74) is -0.854. The van der Waals surface area contributed by atoms with Crippen LogP contribution < -0.4 is 4.74 Å². The van der Waals surface area contributed by atoms with Crippen molar-refractivity contribution in [3.8, 4) is 5.75 Å². The summed E-state index contributed by atoms with van der Waals surface area (Å²) in [7, 11) is 1.52. The molecule has 1 fully saturated rings. The molecule has 1 saturated carbocycles. The highest BCUT2D eigenvalue weighted by Gasteiger charge is 2.47. The van der Waals surface area contributed by atoms with E-state index in [9.17, 15) is 18.3 Å². The summed E-state index contributed by atoms with van der Waals surface area (Å²) >= 11 is 0. The molecule has 0 bridgehead atoms. The number of hydrogen-bond acceptors (Lipinski definition) is 2. The molecule has 1 N–H and O–H groups in total. The predicted octanol–water partition coefficient (Wildman–Crippen LogP) is 3.64. The molecule has 2 rings (SSSR count). The molecule has 0 heterocycles. The van der Waals surface area contributed by atoms with Gasteiger partial charge in [0.2, 0.25) is 0 Å². The third-order valence-corrected chi connectivity index (χ3v) is 3.82. The Kier molecular flexibility index (Phi) is 3.76. The third-order valence-electron chi connectivity index (χ3n) is 3.82. The number of hydrogen-bond donors (Lipinski definition) is 1. The Morgan fingerprint density at radius 2 is 1.89 bits per heavy atom. The molecule has 19 heavy (non-hydrogen) atoms. The maximum Gasteiger partial charge on any atom is 0.391 e. The lowest BCUT2D eigenvalue weighted by atomic mass is 9.74. The van der Waals surface area contributed by atoms with E-state index in [0.717, 1.165) is 0 Å². The van der Waals surface area contributed by atoms with Gasteiger partial charge in [-0.15, -0.1) is 0 Å². The zero-order valence-electron chi connectivity index (χ0n) is 10.7. The van der Waals surface area contributed by atoms with Gasteiger partial charge in [-0.05, 0) is 43.4 Å². The maximum atomic E-state index is 12.8. The number of benzene rings is 1. The highest BCUT2D eigenvalue weighted by molar-refractivity contribution is 5.31. The quantitative estimate of drug-likeness (QED) is 0.892. The minimum atomic E-state index is -4.24. The molecule has 1 aromatic rings. The fraction of sp³-hybridized carbons (Fsp3) is 0.571. The summed E-state index contributed by atoms with van der Waals surface area (Å²) in [6.45, 7) is 0. The van der Waals surface area contributed by atoms with Crippen molar-refractivity contribution in [3.63, 3.8) is 0 Å². The first-order valence-corrected chi connectivity index (χ1v) is 6.29. The minimum absolute atomic E-state index is 0.0992. The van der Waals surface area contributed by atoms with Crippen molar-refractivity contribution >= 4 is 0 Å². The molecule has 0 saturated heterocycles. The Hall–Kier alpha value is -1.23. The Morgan fingerprint density at radius 3 is 2.42 bits per heavy atom. The van der Waals surface area contributed by atoms with Crippen LogP contribution in [0.4, 0.5) is 13.2 Å².